The number of hydrogen-bond donors (Lipinski definition) is 0. The van der Waals surface area contributed by atoms with Gasteiger partial charge < -0.3 is 9.15 Å². The summed E-state index contributed by atoms with van der Waals surface area (Å²) in [5.41, 5.74) is 2.41. The number of nitrogens with zero attached hydrogens (tertiary/aromatic N) is 3. The maximum atomic E-state index is 13.2. The molecule has 1 aliphatic heterocycles. The summed E-state index contributed by atoms with van der Waals surface area (Å²) in [6.45, 7) is 0.0966. The van der Waals surface area contributed by atoms with Gasteiger partial charge in [0.05, 0.1) is 16.1 Å². The fourth-order valence-corrected chi connectivity index (χ4v) is 5.38. The molecule has 0 aliphatic carbocycles. The highest BCUT2D eigenvalue weighted by atomic mass is 35.5. The molecule has 0 atom stereocenters. The van der Waals surface area contributed by atoms with E-state index in [4.69, 9.17) is 20.8 Å². The minimum Gasteiger partial charge on any atom is -0.452 e. The van der Waals surface area contributed by atoms with Gasteiger partial charge in [0, 0.05) is 17.1 Å². The molecule has 0 saturated carbocycles. The van der Waals surface area contributed by atoms with Crippen LogP contribution in [-0.4, -0.2) is 31.1 Å². The first-order chi connectivity index (χ1) is 16.4. The maximum absolute atomic E-state index is 13.2. The Kier molecular flexibility index (Phi) is 5.80. The van der Waals surface area contributed by atoms with Gasteiger partial charge in [0.25, 0.3) is 15.9 Å². The predicted molar refractivity (Wildman–Crippen MR) is 125 cm³/mol. The molecule has 5 rings (SSSR count). The van der Waals surface area contributed by atoms with Crippen molar-refractivity contribution < 1.29 is 22.4 Å². The molecule has 3 aromatic carbocycles. The number of esters is 1. The molecule has 10 heteroatoms. The highest BCUT2D eigenvalue weighted by Crippen LogP contribution is 2.32. The van der Waals surface area contributed by atoms with Gasteiger partial charge in [0.1, 0.15) is 0 Å². The van der Waals surface area contributed by atoms with Gasteiger partial charge in [-0.15, -0.1) is 10.2 Å². The minimum atomic E-state index is -3.83. The number of rotatable bonds is 6. The number of hydrogen-bond acceptors (Lipinski definition) is 7. The topological polar surface area (TPSA) is 103 Å². The van der Waals surface area contributed by atoms with Crippen molar-refractivity contribution in [2.75, 3.05) is 10.8 Å². The molecule has 0 fully saturated rings. The van der Waals surface area contributed by atoms with Gasteiger partial charge in [-0.25, -0.2) is 13.2 Å². The van der Waals surface area contributed by atoms with E-state index in [2.05, 4.69) is 10.2 Å². The molecule has 0 bridgehead atoms. The van der Waals surface area contributed by atoms with E-state index in [1.165, 1.54) is 28.6 Å². The Morgan fingerprint density at radius 3 is 2.65 bits per heavy atom. The number of anilines is 1. The summed E-state index contributed by atoms with van der Waals surface area (Å²) in [4.78, 5) is 12.6. The van der Waals surface area contributed by atoms with Crippen LogP contribution in [0.4, 0.5) is 5.69 Å². The molecule has 34 heavy (non-hydrogen) atoms. The molecule has 172 valence electrons. The Morgan fingerprint density at radius 1 is 1.03 bits per heavy atom. The number of halogens is 1. The average molecular weight is 496 g/mol. The standard InChI is InChI=1S/C24H18ClN3O5S/c25-19-10-8-17(9-11-19)23-27-26-22(33-23)15-32-24(29)18-5-3-6-20(14-18)34(30,31)28-13-12-16-4-1-2-7-21(16)28/h1-11,14H,12-13,15H2. The van der Waals surface area contributed by atoms with Crippen LogP contribution in [0.2, 0.25) is 5.02 Å². The van der Waals surface area contributed by atoms with Gasteiger partial charge in [0.15, 0.2) is 6.61 Å². The second-order valence-electron chi connectivity index (χ2n) is 7.57. The number of ether oxygens (including phenoxy) is 1. The third-order valence-electron chi connectivity index (χ3n) is 5.39. The fourth-order valence-electron chi connectivity index (χ4n) is 3.70. The number of fused-ring (bicyclic) bond motifs is 1. The number of benzene rings is 3. The van der Waals surface area contributed by atoms with Crippen molar-refractivity contribution in [3.63, 3.8) is 0 Å². The van der Waals surface area contributed by atoms with Crippen LogP contribution in [0, 0.1) is 0 Å². The quantitative estimate of drug-likeness (QED) is 0.363. The predicted octanol–water partition coefficient (Wildman–Crippen LogP) is 4.50. The molecule has 0 spiro atoms. The Morgan fingerprint density at radius 2 is 1.82 bits per heavy atom. The lowest BCUT2D eigenvalue weighted by Gasteiger charge is -2.19. The summed E-state index contributed by atoms with van der Waals surface area (Å²) < 4.78 is 38.6. The van der Waals surface area contributed by atoms with Crippen molar-refractivity contribution >= 4 is 33.3 Å². The summed E-state index contributed by atoms with van der Waals surface area (Å²) in [5.74, 6) is -0.331. The molecule has 2 heterocycles. The number of aromatic nitrogens is 2. The summed E-state index contributed by atoms with van der Waals surface area (Å²) in [7, 11) is -3.83. The van der Waals surface area contributed by atoms with Crippen LogP contribution in [0.1, 0.15) is 21.8 Å². The van der Waals surface area contributed by atoms with Crippen LogP contribution in [0.25, 0.3) is 11.5 Å². The van der Waals surface area contributed by atoms with E-state index in [1.54, 1.807) is 36.4 Å². The Hall–Kier alpha value is -3.69. The molecule has 4 aromatic rings. The van der Waals surface area contributed by atoms with Crippen LogP contribution in [0.3, 0.4) is 0 Å². The second-order valence-corrected chi connectivity index (χ2v) is 9.87. The zero-order chi connectivity index (χ0) is 23.7. The van der Waals surface area contributed by atoms with Crippen LogP contribution >= 0.6 is 11.6 Å². The van der Waals surface area contributed by atoms with Gasteiger partial charge in [-0.05, 0) is 60.5 Å². The van der Waals surface area contributed by atoms with E-state index in [0.717, 1.165) is 5.56 Å². The molecule has 0 saturated heterocycles. The van der Waals surface area contributed by atoms with E-state index in [9.17, 15) is 13.2 Å². The molecule has 0 unspecified atom stereocenters. The molecule has 0 N–H and O–H groups in total. The monoisotopic (exact) mass is 495 g/mol. The molecule has 0 amide bonds. The van der Waals surface area contributed by atoms with Crippen LogP contribution in [0.15, 0.2) is 82.1 Å². The van der Waals surface area contributed by atoms with Crippen molar-refractivity contribution in [3.05, 3.63) is 94.8 Å². The first-order valence-electron chi connectivity index (χ1n) is 10.4. The first-order valence-corrected chi connectivity index (χ1v) is 12.2. The molecular formula is C24H18ClN3O5S. The molecule has 0 radical (unpaired) electrons. The number of carbonyl (C=O) groups is 1. The SMILES string of the molecule is O=C(OCc1nnc(-c2ccc(Cl)cc2)o1)c1cccc(S(=O)(=O)N2CCc3ccccc32)c1. The van der Waals surface area contributed by atoms with Crippen LogP contribution in [0.5, 0.6) is 0 Å². The van der Waals surface area contributed by atoms with Crippen molar-refractivity contribution in [2.45, 2.75) is 17.9 Å². The summed E-state index contributed by atoms with van der Waals surface area (Å²) >= 11 is 5.88. The Labute approximate surface area is 200 Å². The zero-order valence-corrected chi connectivity index (χ0v) is 19.3. The van der Waals surface area contributed by atoms with Gasteiger partial charge >= 0.3 is 5.97 Å². The summed E-state index contributed by atoms with van der Waals surface area (Å²) in [5, 5.41) is 8.40. The summed E-state index contributed by atoms with van der Waals surface area (Å²) in [6.07, 6.45) is 0.638. The first kappa shape index (κ1) is 22.1. The highest BCUT2D eigenvalue weighted by Gasteiger charge is 2.31. The van der Waals surface area contributed by atoms with E-state index in [0.29, 0.717) is 29.2 Å². The number of sulfonamides is 1. The largest absolute Gasteiger partial charge is 0.452 e. The fraction of sp³-hybridized carbons (Fsp3) is 0.125. The molecule has 8 nitrogen and oxygen atoms in total. The van der Waals surface area contributed by atoms with Crippen LogP contribution in [-0.2, 0) is 27.8 Å². The third-order valence-corrected chi connectivity index (χ3v) is 7.45. The van der Waals surface area contributed by atoms with E-state index >= 15 is 0 Å². The zero-order valence-electron chi connectivity index (χ0n) is 17.7. The van der Waals surface area contributed by atoms with Gasteiger partial charge in [0.2, 0.25) is 5.89 Å². The third kappa shape index (κ3) is 4.27. The minimum absolute atomic E-state index is 0.0152. The van der Waals surface area contributed by atoms with Gasteiger partial charge in [-0.1, -0.05) is 35.9 Å². The van der Waals surface area contributed by atoms with E-state index in [-0.39, 0.29) is 28.8 Å². The lowest BCUT2D eigenvalue weighted by atomic mass is 10.2. The van der Waals surface area contributed by atoms with E-state index in [1.807, 2.05) is 12.1 Å². The normalized spacial score (nSPS) is 13.0. The number of para-hydroxylation sites is 1. The van der Waals surface area contributed by atoms with Gasteiger partial charge in [-0.2, -0.15) is 0 Å². The Balaban J connectivity index is 1.29. The molecule has 1 aliphatic rings. The average Bonchev–Trinajstić information content (AvgIpc) is 3.51. The van der Waals surface area contributed by atoms with Crippen molar-refractivity contribution in [2.24, 2.45) is 0 Å². The molecule has 1 aromatic heterocycles. The highest BCUT2D eigenvalue weighted by molar-refractivity contribution is 7.92. The molecular weight excluding hydrogens is 478 g/mol. The smallest absolute Gasteiger partial charge is 0.338 e. The van der Waals surface area contributed by atoms with Crippen molar-refractivity contribution in [1.29, 1.82) is 0 Å². The van der Waals surface area contributed by atoms with Crippen LogP contribution < -0.4 is 4.31 Å². The second kappa shape index (κ2) is 8.92. The number of carbonyl (C=O) groups excluding carboxylic acids is 1. The van der Waals surface area contributed by atoms with Gasteiger partial charge in [-0.3, -0.25) is 4.31 Å². The summed E-state index contributed by atoms with van der Waals surface area (Å²) in [6, 6.07) is 20.0. The maximum Gasteiger partial charge on any atom is 0.338 e. The lowest BCUT2D eigenvalue weighted by molar-refractivity contribution is 0.0438. The van der Waals surface area contributed by atoms with Crippen molar-refractivity contribution in [3.8, 4) is 11.5 Å². The van der Waals surface area contributed by atoms with E-state index < -0.39 is 16.0 Å². The Bertz CT molecular complexity index is 1470. The lowest BCUT2D eigenvalue weighted by Crippen LogP contribution is -2.29. The van der Waals surface area contributed by atoms with Crippen molar-refractivity contribution in [1.82, 2.24) is 10.2 Å².